The number of nitrogens with zero attached hydrogens (tertiary/aromatic N) is 3. The van der Waals surface area contributed by atoms with Crippen LogP contribution in [0.5, 0.6) is 11.5 Å². The number of rotatable bonds is 4. The number of carbonyl (C=O) groups is 1. The van der Waals surface area contributed by atoms with Gasteiger partial charge in [0.2, 0.25) is 5.95 Å². The van der Waals surface area contributed by atoms with Crippen LogP contribution in [0.15, 0.2) is 18.2 Å². The number of anilines is 3. The number of fused-ring (bicyclic) bond motifs is 1. The Hall–Kier alpha value is -3.20. The zero-order valence-corrected chi connectivity index (χ0v) is 22.5. The van der Waals surface area contributed by atoms with Gasteiger partial charge < -0.3 is 29.7 Å². The summed E-state index contributed by atoms with van der Waals surface area (Å²) in [6, 6.07) is 3.68. The molecule has 0 spiro atoms. The largest absolute Gasteiger partial charge is 0.486 e. The lowest BCUT2D eigenvalue weighted by atomic mass is 9.97. The molecule has 1 aromatic heterocycles. The van der Waals surface area contributed by atoms with E-state index in [0.29, 0.717) is 60.2 Å². The summed E-state index contributed by atoms with van der Waals surface area (Å²) in [6.45, 7) is 10.8. The van der Waals surface area contributed by atoms with Crippen LogP contribution in [0.3, 0.4) is 0 Å². The number of nitrogens with one attached hydrogen (secondary N) is 2. The molecule has 1 unspecified atom stereocenters. The number of aryl methyl sites for hydroxylation is 1. The number of hydrogen-bond donors (Lipinski definition) is 2. The lowest BCUT2D eigenvalue weighted by molar-refractivity contribution is 0.0201. The Labute approximate surface area is 217 Å². The van der Waals surface area contributed by atoms with Gasteiger partial charge in [0.15, 0.2) is 11.5 Å². The molecule has 1 aromatic carbocycles. The number of hydrogen-bond acceptors (Lipinski definition) is 8. The Morgan fingerprint density at radius 1 is 1.22 bits per heavy atom. The van der Waals surface area contributed by atoms with Crippen LogP contribution in [0.25, 0.3) is 5.57 Å². The number of benzene rings is 1. The topological polar surface area (TPSA) is 97.8 Å². The molecule has 0 radical (unpaired) electrons. The molecule has 36 heavy (non-hydrogen) atoms. The van der Waals surface area contributed by atoms with E-state index < -0.39 is 5.60 Å². The van der Waals surface area contributed by atoms with E-state index in [1.54, 1.807) is 11.9 Å². The minimum atomic E-state index is -0.561. The van der Waals surface area contributed by atoms with Crippen molar-refractivity contribution in [2.45, 2.75) is 59.1 Å². The van der Waals surface area contributed by atoms with Crippen molar-refractivity contribution in [2.24, 2.45) is 0 Å². The third-order valence-corrected chi connectivity index (χ3v) is 6.37. The molecule has 1 atom stereocenters. The number of amides is 1. The summed E-state index contributed by atoms with van der Waals surface area (Å²) in [7, 11) is 1.81. The molecule has 0 bridgehead atoms. The highest BCUT2D eigenvalue weighted by Gasteiger charge is 2.30. The monoisotopic (exact) mass is 515 g/mol. The van der Waals surface area contributed by atoms with Crippen LogP contribution in [0, 0.1) is 6.92 Å². The van der Waals surface area contributed by atoms with E-state index >= 15 is 0 Å². The van der Waals surface area contributed by atoms with Crippen molar-refractivity contribution in [1.29, 1.82) is 0 Å². The minimum absolute atomic E-state index is 0.00216. The molecular weight excluding hydrogens is 482 g/mol. The number of ether oxygens (including phenoxy) is 3. The van der Waals surface area contributed by atoms with Gasteiger partial charge in [-0.3, -0.25) is 0 Å². The highest BCUT2D eigenvalue weighted by molar-refractivity contribution is 6.35. The van der Waals surface area contributed by atoms with Crippen LogP contribution in [-0.2, 0) is 4.74 Å². The van der Waals surface area contributed by atoms with Crippen LogP contribution in [0.1, 0.15) is 51.8 Å². The molecule has 0 saturated heterocycles. The minimum Gasteiger partial charge on any atom is -0.486 e. The molecule has 2 N–H and O–H groups in total. The predicted octanol–water partition coefficient (Wildman–Crippen LogP) is 5.80. The Balaban J connectivity index is 1.71. The van der Waals surface area contributed by atoms with Gasteiger partial charge in [0.05, 0.1) is 10.7 Å². The van der Waals surface area contributed by atoms with Gasteiger partial charge in [-0.05, 0) is 53.0 Å². The average molecular weight is 516 g/mol. The van der Waals surface area contributed by atoms with Crippen LogP contribution >= 0.6 is 11.6 Å². The third kappa shape index (κ3) is 5.78. The lowest BCUT2D eigenvalue weighted by Crippen LogP contribution is -2.41. The zero-order valence-electron chi connectivity index (χ0n) is 21.7. The van der Waals surface area contributed by atoms with Crippen molar-refractivity contribution in [3.8, 4) is 11.5 Å². The first-order valence-electron chi connectivity index (χ1n) is 12.2. The molecule has 2 aromatic rings. The Bertz CT molecular complexity index is 1180. The van der Waals surface area contributed by atoms with Crippen molar-refractivity contribution in [2.75, 3.05) is 37.4 Å². The second-order valence-corrected chi connectivity index (χ2v) is 10.4. The third-order valence-electron chi connectivity index (χ3n) is 5.97. The van der Waals surface area contributed by atoms with Gasteiger partial charge in [-0.25, -0.2) is 9.78 Å². The van der Waals surface area contributed by atoms with E-state index in [2.05, 4.69) is 20.6 Å². The second kappa shape index (κ2) is 10.4. The van der Waals surface area contributed by atoms with Gasteiger partial charge >= 0.3 is 6.09 Å². The van der Waals surface area contributed by atoms with Crippen molar-refractivity contribution < 1.29 is 19.0 Å². The lowest BCUT2D eigenvalue weighted by Gasteiger charge is -2.30. The van der Waals surface area contributed by atoms with E-state index in [1.807, 2.05) is 52.8 Å². The summed E-state index contributed by atoms with van der Waals surface area (Å²) in [6.07, 6.45) is 3.16. The van der Waals surface area contributed by atoms with Gasteiger partial charge in [0.1, 0.15) is 24.6 Å². The zero-order chi connectivity index (χ0) is 26.0. The van der Waals surface area contributed by atoms with Crippen LogP contribution < -0.4 is 20.1 Å². The van der Waals surface area contributed by atoms with Crippen molar-refractivity contribution in [1.82, 2.24) is 14.9 Å². The van der Waals surface area contributed by atoms with Gasteiger partial charge in [-0.15, -0.1) is 0 Å². The van der Waals surface area contributed by atoms with E-state index in [-0.39, 0.29) is 12.1 Å². The van der Waals surface area contributed by atoms with Crippen LogP contribution in [-0.4, -0.2) is 59.4 Å². The highest BCUT2D eigenvalue weighted by Crippen LogP contribution is 2.48. The van der Waals surface area contributed by atoms with Crippen LogP contribution in [0.4, 0.5) is 22.2 Å². The molecule has 9 nitrogen and oxygen atoms in total. The summed E-state index contributed by atoms with van der Waals surface area (Å²) in [5, 5.41) is 6.78. The fraction of sp³-hybridized carbons (Fsp3) is 0.500. The molecule has 194 valence electrons. The molecule has 3 heterocycles. The summed E-state index contributed by atoms with van der Waals surface area (Å²) < 4.78 is 17.6. The summed E-state index contributed by atoms with van der Waals surface area (Å²) >= 11 is 7.00. The van der Waals surface area contributed by atoms with E-state index in [9.17, 15) is 4.79 Å². The normalized spacial score (nSPS) is 17.7. The van der Waals surface area contributed by atoms with E-state index in [4.69, 9.17) is 25.8 Å². The fourth-order valence-electron chi connectivity index (χ4n) is 4.23. The molecule has 1 amide bonds. The first kappa shape index (κ1) is 25.9. The van der Waals surface area contributed by atoms with Crippen LogP contribution in [0.2, 0.25) is 5.02 Å². The SMILES string of the molecule is CNc1cc(C)nc(Nc2cc3c(c(C4=CCN(C(=O)OC(C)(C)C)C(C)CC4)c2Cl)OCCO3)n1. The van der Waals surface area contributed by atoms with Gasteiger partial charge in [-0.1, -0.05) is 17.7 Å². The number of halogens is 1. The Morgan fingerprint density at radius 3 is 2.69 bits per heavy atom. The maximum absolute atomic E-state index is 12.8. The number of aromatic nitrogens is 2. The molecule has 2 aliphatic heterocycles. The highest BCUT2D eigenvalue weighted by atomic mass is 35.5. The van der Waals surface area contributed by atoms with Gasteiger partial charge in [0, 0.05) is 43.0 Å². The summed E-state index contributed by atoms with van der Waals surface area (Å²) in [4.78, 5) is 23.6. The van der Waals surface area contributed by atoms with Gasteiger partial charge in [0.25, 0.3) is 0 Å². The molecule has 2 aliphatic rings. The molecule has 0 fully saturated rings. The number of allylic oxidation sites excluding steroid dienone is 1. The molecule has 4 rings (SSSR count). The Kier molecular flexibility index (Phi) is 7.49. The fourth-order valence-corrected chi connectivity index (χ4v) is 4.54. The molecule has 0 saturated carbocycles. The van der Waals surface area contributed by atoms with E-state index in [0.717, 1.165) is 23.3 Å². The molecule has 10 heteroatoms. The first-order chi connectivity index (χ1) is 17.1. The quantitative estimate of drug-likeness (QED) is 0.527. The van der Waals surface area contributed by atoms with Gasteiger partial charge in [-0.2, -0.15) is 4.98 Å². The predicted molar refractivity (Wildman–Crippen MR) is 142 cm³/mol. The summed E-state index contributed by atoms with van der Waals surface area (Å²) in [5.41, 5.74) is 2.62. The smallest absolute Gasteiger partial charge is 0.410 e. The van der Waals surface area contributed by atoms with Crippen molar-refractivity contribution >= 4 is 40.7 Å². The van der Waals surface area contributed by atoms with E-state index in [1.165, 1.54) is 0 Å². The maximum Gasteiger partial charge on any atom is 0.410 e. The second-order valence-electron chi connectivity index (χ2n) is 9.98. The first-order valence-corrected chi connectivity index (χ1v) is 12.5. The number of carbonyl (C=O) groups excluding carboxylic acids is 1. The maximum atomic E-state index is 12.8. The van der Waals surface area contributed by atoms with Crippen molar-refractivity contribution in [3.05, 3.63) is 34.5 Å². The standard InChI is InChI=1S/C26H34ClN5O4/c1-15-13-20(28-6)31-24(29-15)30-18-14-19-23(35-12-11-34-19)21(22(18)27)17-8-7-16(2)32(10-9-17)25(33)36-26(3,4)5/h9,13-14,16H,7-8,10-12H2,1-6H3,(H2,28,29,30,31). The Morgan fingerprint density at radius 2 is 1.97 bits per heavy atom. The van der Waals surface area contributed by atoms with Crippen molar-refractivity contribution in [3.63, 3.8) is 0 Å². The summed E-state index contributed by atoms with van der Waals surface area (Å²) in [5.74, 6) is 2.33. The molecular formula is C26H34ClN5O4. The average Bonchev–Trinajstić information content (AvgIpc) is 2.99. The molecule has 0 aliphatic carbocycles.